The number of aliphatic carboxylic acids is 1. The van der Waals surface area contributed by atoms with E-state index in [1.54, 1.807) is 19.1 Å². The van der Waals surface area contributed by atoms with Crippen LogP contribution in [0.2, 0.25) is 0 Å². The number of carboxylic acids is 1. The summed E-state index contributed by atoms with van der Waals surface area (Å²) in [6.45, 7) is 2.00. The maximum Gasteiger partial charge on any atom is 0.411 e. The Hall–Kier alpha value is -4.22. The molecule has 4 aromatic rings. The molecule has 1 aliphatic carbocycles. The topological polar surface area (TPSA) is 114 Å². The Bertz CT molecular complexity index is 1560. The number of anilines is 1. The molecular formula is C33H29IN2O6. The van der Waals surface area contributed by atoms with Crippen LogP contribution < -0.4 is 10.6 Å². The molecule has 0 radical (unpaired) electrons. The van der Waals surface area contributed by atoms with Crippen LogP contribution in [0.5, 0.6) is 0 Å². The summed E-state index contributed by atoms with van der Waals surface area (Å²) in [4.78, 5) is 37.6. The van der Waals surface area contributed by atoms with E-state index >= 15 is 0 Å². The van der Waals surface area contributed by atoms with Gasteiger partial charge in [0.25, 0.3) is 5.91 Å². The predicted octanol–water partition coefficient (Wildman–Crippen LogP) is 6.44. The van der Waals surface area contributed by atoms with Gasteiger partial charge < -0.3 is 19.9 Å². The number of ether oxygens (including phenoxy) is 2. The van der Waals surface area contributed by atoms with Crippen LogP contribution in [0, 0.1) is 3.57 Å². The van der Waals surface area contributed by atoms with Gasteiger partial charge in [-0.1, -0.05) is 78.9 Å². The van der Waals surface area contributed by atoms with Gasteiger partial charge in [-0.2, -0.15) is 0 Å². The van der Waals surface area contributed by atoms with Crippen LogP contribution in [0.1, 0.15) is 39.9 Å². The molecule has 0 unspecified atom stereocenters. The minimum Gasteiger partial charge on any atom is -0.480 e. The van der Waals surface area contributed by atoms with E-state index in [4.69, 9.17) is 9.47 Å². The standard InChI is InChI=1S/C33H29IN2O6/c1-20(41-18-21-9-3-2-4-10-21)30(32(38)39)36-31(37)22-15-16-29(28(34)17-22)35-33(40)42-19-27-25-13-7-5-11-23(25)24-12-6-8-14-26(24)27/h2-17,20,27,30H,18-19H2,1H3,(H,35,40)(H,36,37)(H,38,39)/t20-,30+/m0/s1. The van der Waals surface area contributed by atoms with Gasteiger partial charge in [0.2, 0.25) is 0 Å². The highest BCUT2D eigenvalue weighted by molar-refractivity contribution is 14.1. The first-order valence-electron chi connectivity index (χ1n) is 13.4. The van der Waals surface area contributed by atoms with Crippen LogP contribution >= 0.6 is 22.6 Å². The molecule has 0 aromatic heterocycles. The zero-order valence-electron chi connectivity index (χ0n) is 22.8. The van der Waals surface area contributed by atoms with Crippen LogP contribution in [-0.2, 0) is 20.9 Å². The van der Waals surface area contributed by atoms with Gasteiger partial charge in [-0.3, -0.25) is 10.1 Å². The Balaban J connectivity index is 1.18. The fourth-order valence-corrected chi connectivity index (χ4v) is 5.65. The minimum absolute atomic E-state index is 0.0606. The number of hydrogen-bond donors (Lipinski definition) is 3. The molecule has 0 saturated heterocycles. The van der Waals surface area contributed by atoms with E-state index in [0.29, 0.717) is 9.26 Å². The van der Waals surface area contributed by atoms with Gasteiger partial charge in [0.15, 0.2) is 6.04 Å². The number of hydrogen-bond acceptors (Lipinski definition) is 5. The van der Waals surface area contributed by atoms with Crippen molar-refractivity contribution >= 4 is 46.2 Å². The Kier molecular flexibility index (Phi) is 9.19. The Morgan fingerprint density at radius 2 is 1.50 bits per heavy atom. The van der Waals surface area contributed by atoms with Crippen molar-refractivity contribution < 1.29 is 29.0 Å². The largest absolute Gasteiger partial charge is 0.480 e. The number of benzene rings is 4. The monoisotopic (exact) mass is 676 g/mol. The van der Waals surface area contributed by atoms with Gasteiger partial charge in [0.05, 0.1) is 18.4 Å². The van der Waals surface area contributed by atoms with Crippen molar-refractivity contribution in [3.8, 4) is 11.1 Å². The molecule has 3 N–H and O–H groups in total. The summed E-state index contributed by atoms with van der Waals surface area (Å²) < 4.78 is 11.9. The van der Waals surface area contributed by atoms with E-state index in [0.717, 1.165) is 27.8 Å². The van der Waals surface area contributed by atoms with E-state index in [2.05, 4.69) is 34.9 Å². The summed E-state index contributed by atoms with van der Waals surface area (Å²) in [5, 5.41) is 15.0. The molecule has 0 fully saturated rings. The molecule has 0 saturated carbocycles. The molecular weight excluding hydrogens is 647 g/mol. The first-order chi connectivity index (χ1) is 20.3. The number of carboxylic acid groups (broad SMARTS) is 1. The summed E-state index contributed by atoms with van der Waals surface area (Å²) in [7, 11) is 0. The number of carbonyl (C=O) groups is 3. The molecule has 8 nitrogen and oxygen atoms in total. The Labute approximate surface area is 257 Å². The molecule has 0 bridgehead atoms. The summed E-state index contributed by atoms with van der Waals surface area (Å²) >= 11 is 2.01. The smallest absolute Gasteiger partial charge is 0.411 e. The molecule has 42 heavy (non-hydrogen) atoms. The second-order valence-electron chi connectivity index (χ2n) is 9.94. The van der Waals surface area contributed by atoms with E-state index in [1.807, 2.05) is 77.2 Å². The molecule has 1 aliphatic rings. The number of amides is 2. The summed E-state index contributed by atoms with van der Waals surface area (Å²) in [6, 6.07) is 29.0. The lowest BCUT2D eigenvalue weighted by Crippen LogP contribution is -2.48. The van der Waals surface area contributed by atoms with Crippen molar-refractivity contribution in [2.75, 3.05) is 11.9 Å². The van der Waals surface area contributed by atoms with Gasteiger partial charge in [0, 0.05) is 15.1 Å². The van der Waals surface area contributed by atoms with Crippen LogP contribution in [0.15, 0.2) is 97.1 Å². The van der Waals surface area contributed by atoms with Crippen LogP contribution in [0.4, 0.5) is 10.5 Å². The second-order valence-corrected chi connectivity index (χ2v) is 11.1. The van der Waals surface area contributed by atoms with Gasteiger partial charge in [0.1, 0.15) is 6.61 Å². The molecule has 0 aliphatic heterocycles. The summed E-state index contributed by atoms with van der Waals surface area (Å²) in [6.07, 6.45) is -1.39. The highest BCUT2D eigenvalue weighted by atomic mass is 127. The third kappa shape index (κ3) is 6.63. The lowest BCUT2D eigenvalue weighted by atomic mass is 9.98. The number of carbonyl (C=O) groups excluding carboxylic acids is 2. The molecule has 2 atom stereocenters. The van der Waals surface area contributed by atoms with Gasteiger partial charge in [-0.15, -0.1) is 0 Å². The number of fused-ring (bicyclic) bond motifs is 3. The fourth-order valence-electron chi connectivity index (χ4n) is 5.00. The molecule has 9 heteroatoms. The predicted molar refractivity (Wildman–Crippen MR) is 167 cm³/mol. The zero-order valence-corrected chi connectivity index (χ0v) is 24.9. The maximum atomic E-state index is 12.9. The van der Waals surface area contributed by atoms with Gasteiger partial charge in [-0.25, -0.2) is 9.59 Å². The number of nitrogens with one attached hydrogen (secondary N) is 2. The normalized spacial score (nSPS) is 13.4. The van der Waals surface area contributed by atoms with Crippen molar-refractivity contribution in [2.24, 2.45) is 0 Å². The van der Waals surface area contributed by atoms with E-state index < -0.39 is 30.1 Å². The average molecular weight is 677 g/mol. The molecule has 214 valence electrons. The SMILES string of the molecule is C[C@H](OCc1ccccc1)[C@@H](NC(=O)c1ccc(NC(=O)OCC2c3ccccc3-c3ccccc32)c(I)c1)C(=O)O. The van der Waals surface area contributed by atoms with Crippen molar-refractivity contribution in [1.82, 2.24) is 5.32 Å². The average Bonchev–Trinajstić information content (AvgIpc) is 3.32. The van der Waals surface area contributed by atoms with Crippen LogP contribution in [-0.4, -0.2) is 41.8 Å². The van der Waals surface area contributed by atoms with Gasteiger partial charge >= 0.3 is 12.1 Å². The van der Waals surface area contributed by atoms with E-state index in [9.17, 15) is 19.5 Å². The summed E-state index contributed by atoms with van der Waals surface area (Å²) in [5.41, 5.74) is 6.15. The minimum atomic E-state index is -1.25. The van der Waals surface area contributed by atoms with Crippen LogP contribution in [0.25, 0.3) is 11.1 Å². The molecule has 0 spiro atoms. The zero-order chi connectivity index (χ0) is 29.6. The Morgan fingerprint density at radius 3 is 2.12 bits per heavy atom. The fraction of sp³-hybridized carbons (Fsp3) is 0.182. The van der Waals surface area contributed by atoms with Crippen molar-refractivity contribution in [3.05, 3.63) is 123 Å². The Morgan fingerprint density at radius 1 is 0.881 bits per heavy atom. The van der Waals surface area contributed by atoms with E-state index in [1.165, 1.54) is 6.07 Å². The summed E-state index contributed by atoms with van der Waals surface area (Å²) in [5.74, 6) is -1.83. The lowest BCUT2D eigenvalue weighted by Gasteiger charge is -2.22. The van der Waals surface area contributed by atoms with Crippen molar-refractivity contribution in [2.45, 2.75) is 31.6 Å². The molecule has 4 aromatic carbocycles. The first-order valence-corrected chi connectivity index (χ1v) is 14.5. The molecule has 2 amide bonds. The third-order valence-electron chi connectivity index (χ3n) is 7.19. The molecule has 5 rings (SSSR count). The van der Waals surface area contributed by atoms with Crippen molar-refractivity contribution in [1.29, 1.82) is 0 Å². The van der Waals surface area contributed by atoms with Crippen molar-refractivity contribution in [3.63, 3.8) is 0 Å². The lowest BCUT2D eigenvalue weighted by molar-refractivity contribution is -0.143. The maximum absolute atomic E-state index is 12.9. The quantitative estimate of drug-likeness (QED) is 0.167. The second kappa shape index (κ2) is 13.2. The first kappa shape index (κ1) is 29.3. The number of rotatable bonds is 10. The highest BCUT2D eigenvalue weighted by Crippen LogP contribution is 2.44. The van der Waals surface area contributed by atoms with Gasteiger partial charge in [-0.05, 0) is 75.5 Å². The molecule has 0 heterocycles. The van der Waals surface area contributed by atoms with Crippen LogP contribution in [0.3, 0.4) is 0 Å². The van der Waals surface area contributed by atoms with E-state index in [-0.39, 0.29) is 24.7 Å². The highest BCUT2D eigenvalue weighted by Gasteiger charge is 2.30. The third-order valence-corrected chi connectivity index (χ3v) is 8.08. The number of halogens is 1.